The molecule has 1 heterocycles. The van der Waals surface area contributed by atoms with E-state index in [0.29, 0.717) is 18.7 Å². The van der Waals surface area contributed by atoms with Gasteiger partial charge in [-0.05, 0) is 68.1 Å². The second kappa shape index (κ2) is 9.84. The molecule has 4 rings (SSSR count). The van der Waals surface area contributed by atoms with Crippen molar-refractivity contribution in [2.45, 2.75) is 83.2 Å². The van der Waals surface area contributed by atoms with Gasteiger partial charge < -0.3 is 4.74 Å². The van der Waals surface area contributed by atoms with Crippen LogP contribution in [0.1, 0.15) is 76.7 Å². The summed E-state index contributed by atoms with van der Waals surface area (Å²) in [5.74, 6) is 1.01. The molecular formula is C24H32N2O2S. The molecule has 156 valence electrons. The summed E-state index contributed by atoms with van der Waals surface area (Å²) in [6.07, 6.45) is 14.1. The Kier molecular flexibility index (Phi) is 6.96. The second-order valence-corrected chi connectivity index (χ2v) is 9.29. The molecule has 5 heteroatoms. The summed E-state index contributed by atoms with van der Waals surface area (Å²) in [5, 5.41) is 0.950. The van der Waals surface area contributed by atoms with Crippen LogP contribution in [0.3, 0.4) is 0 Å². The Morgan fingerprint density at radius 2 is 1.69 bits per heavy atom. The fourth-order valence-corrected chi connectivity index (χ4v) is 5.69. The zero-order chi connectivity index (χ0) is 20.1. The maximum Gasteiger partial charge on any atom is 0.266 e. The number of thioether (sulfide) groups is 1. The molecule has 3 aliphatic rings. The highest BCUT2D eigenvalue weighted by molar-refractivity contribution is 8.18. The van der Waals surface area contributed by atoms with Crippen LogP contribution in [0.4, 0.5) is 0 Å². The largest absolute Gasteiger partial charge is 0.494 e. The lowest BCUT2D eigenvalue weighted by Crippen LogP contribution is -2.41. The van der Waals surface area contributed by atoms with E-state index in [1.54, 1.807) is 11.8 Å². The molecule has 0 radical (unpaired) electrons. The van der Waals surface area contributed by atoms with Gasteiger partial charge >= 0.3 is 0 Å². The molecule has 29 heavy (non-hydrogen) atoms. The van der Waals surface area contributed by atoms with Crippen LogP contribution in [-0.2, 0) is 4.79 Å². The molecule has 1 amide bonds. The number of nitrogens with zero attached hydrogens (tertiary/aromatic N) is 2. The maximum atomic E-state index is 13.4. The highest BCUT2D eigenvalue weighted by Crippen LogP contribution is 2.38. The number of carbonyl (C=O) groups excluding carboxylic acids is 1. The fraction of sp³-hybridized carbons (Fsp3) is 0.583. The van der Waals surface area contributed by atoms with Crippen LogP contribution in [0.15, 0.2) is 34.2 Å². The summed E-state index contributed by atoms with van der Waals surface area (Å²) >= 11 is 1.58. The van der Waals surface area contributed by atoms with Gasteiger partial charge in [0.2, 0.25) is 0 Å². The van der Waals surface area contributed by atoms with Crippen molar-refractivity contribution in [2.24, 2.45) is 4.99 Å². The first-order valence-electron chi connectivity index (χ1n) is 11.3. The van der Waals surface area contributed by atoms with Crippen LogP contribution in [0.5, 0.6) is 5.75 Å². The van der Waals surface area contributed by atoms with Crippen molar-refractivity contribution in [1.82, 2.24) is 4.90 Å². The molecule has 0 aromatic heterocycles. The van der Waals surface area contributed by atoms with E-state index in [1.807, 2.05) is 42.2 Å². The first-order valence-corrected chi connectivity index (χ1v) is 12.1. The van der Waals surface area contributed by atoms with Gasteiger partial charge in [-0.15, -0.1) is 0 Å². The van der Waals surface area contributed by atoms with Gasteiger partial charge in [0, 0.05) is 6.04 Å². The van der Waals surface area contributed by atoms with E-state index in [-0.39, 0.29) is 5.91 Å². The topological polar surface area (TPSA) is 41.9 Å². The molecule has 0 bridgehead atoms. The molecule has 0 N–H and O–H groups in total. The van der Waals surface area contributed by atoms with Crippen LogP contribution in [-0.4, -0.2) is 34.7 Å². The molecule has 4 nitrogen and oxygen atoms in total. The summed E-state index contributed by atoms with van der Waals surface area (Å²) < 4.78 is 5.53. The lowest BCUT2D eigenvalue weighted by atomic mass is 9.94. The molecule has 0 unspecified atom stereocenters. The number of ether oxygens (including phenoxy) is 1. The molecule has 2 aliphatic carbocycles. The van der Waals surface area contributed by atoms with Gasteiger partial charge in [-0.2, -0.15) is 0 Å². The predicted octanol–water partition coefficient (Wildman–Crippen LogP) is 6.02. The smallest absolute Gasteiger partial charge is 0.266 e. The summed E-state index contributed by atoms with van der Waals surface area (Å²) in [5.41, 5.74) is 1.03. The number of carbonyl (C=O) groups is 1. The SMILES string of the molecule is CCOc1ccc(C=C2SC(=NC3CCCCC3)N(C3CCCCC3)C2=O)cc1. The standard InChI is InChI=1S/C24H32N2O2S/c1-2-28-21-15-13-18(14-16-21)17-22-23(27)26(20-11-7-4-8-12-20)24(29-22)25-19-9-5-3-6-10-19/h13-17,19-20H,2-12H2,1H3. The number of aliphatic imine (C=N–C) groups is 1. The third kappa shape index (κ3) is 5.06. The number of hydrogen-bond donors (Lipinski definition) is 0. The second-order valence-electron chi connectivity index (χ2n) is 8.28. The van der Waals surface area contributed by atoms with E-state index in [0.717, 1.165) is 47.1 Å². The Morgan fingerprint density at radius 1 is 1.03 bits per heavy atom. The Hall–Kier alpha value is -1.75. The van der Waals surface area contributed by atoms with Crippen LogP contribution in [0, 0.1) is 0 Å². The number of amidine groups is 1. The lowest BCUT2D eigenvalue weighted by Gasteiger charge is -2.31. The van der Waals surface area contributed by atoms with E-state index in [1.165, 1.54) is 38.5 Å². The molecule has 1 aromatic carbocycles. The molecule has 3 fully saturated rings. The van der Waals surface area contributed by atoms with Gasteiger partial charge in [-0.25, -0.2) is 0 Å². The normalized spacial score (nSPS) is 24.6. The Bertz CT molecular complexity index is 760. The van der Waals surface area contributed by atoms with E-state index in [4.69, 9.17) is 9.73 Å². The Labute approximate surface area is 178 Å². The highest BCUT2D eigenvalue weighted by atomic mass is 32.2. The minimum absolute atomic E-state index is 0.144. The number of benzene rings is 1. The van der Waals surface area contributed by atoms with E-state index < -0.39 is 0 Å². The molecule has 1 aliphatic heterocycles. The number of rotatable bonds is 5. The van der Waals surface area contributed by atoms with Gasteiger partial charge in [0.25, 0.3) is 5.91 Å². The lowest BCUT2D eigenvalue weighted by molar-refractivity contribution is -0.124. The van der Waals surface area contributed by atoms with E-state index in [2.05, 4.69) is 0 Å². The third-order valence-electron chi connectivity index (χ3n) is 6.13. The van der Waals surface area contributed by atoms with Crippen molar-refractivity contribution in [3.63, 3.8) is 0 Å². The molecule has 1 saturated heterocycles. The van der Waals surface area contributed by atoms with Gasteiger partial charge in [-0.3, -0.25) is 14.7 Å². The average molecular weight is 413 g/mol. The van der Waals surface area contributed by atoms with Gasteiger partial charge in [0.15, 0.2) is 5.17 Å². The van der Waals surface area contributed by atoms with E-state index >= 15 is 0 Å². The van der Waals surface area contributed by atoms with Crippen LogP contribution in [0.2, 0.25) is 0 Å². The van der Waals surface area contributed by atoms with E-state index in [9.17, 15) is 4.79 Å². The first-order chi connectivity index (χ1) is 14.2. The number of hydrogen-bond acceptors (Lipinski definition) is 4. The molecule has 0 spiro atoms. The molecule has 1 aromatic rings. The van der Waals surface area contributed by atoms with Crippen molar-refractivity contribution in [3.05, 3.63) is 34.7 Å². The molecular weight excluding hydrogens is 380 g/mol. The monoisotopic (exact) mass is 412 g/mol. The maximum absolute atomic E-state index is 13.4. The van der Waals surface area contributed by atoms with Crippen LogP contribution < -0.4 is 4.74 Å². The summed E-state index contributed by atoms with van der Waals surface area (Å²) in [6.45, 7) is 2.64. The first kappa shape index (κ1) is 20.5. The molecule has 2 saturated carbocycles. The summed E-state index contributed by atoms with van der Waals surface area (Å²) in [4.78, 5) is 21.3. The van der Waals surface area contributed by atoms with Crippen LogP contribution in [0.25, 0.3) is 6.08 Å². The van der Waals surface area contributed by atoms with Crippen molar-refractivity contribution < 1.29 is 9.53 Å². The van der Waals surface area contributed by atoms with Gasteiger partial charge in [-0.1, -0.05) is 50.7 Å². The minimum Gasteiger partial charge on any atom is -0.494 e. The van der Waals surface area contributed by atoms with Crippen LogP contribution >= 0.6 is 11.8 Å². The quantitative estimate of drug-likeness (QED) is 0.555. The van der Waals surface area contributed by atoms with Crippen molar-refractivity contribution in [2.75, 3.05) is 6.61 Å². The third-order valence-corrected chi connectivity index (χ3v) is 7.13. The average Bonchev–Trinajstić information content (AvgIpc) is 3.05. The number of amides is 1. The fourth-order valence-electron chi connectivity index (χ4n) is 4.58. The summed E-state index contributed by atoms with van der Waals surface area (Å²) in [7, 11) is 0. The highest BCUT2D eigenvalue weighted by Gasteiger charge is 2.39. The van der Waals surface area contributed by atoms with Gasteiger partial charge in [0.1, 0.15) is 5.75 Å². The zero-order valence-electron chi connectivity index (χ0n) is 17.4. The molecule has 0 atom stereocenters. The Balaban J connectivity index is 1.58. The zero-order valence-corrected chi connectivity index (χ0v) is 18.3. The minimum atomic E-state index is 0.144. The van der Waals surface area contributed by atoms with Gasteiger partial charge in [0.05, 0.1) is 17.6 Å². The summed E-state index contributed by atoms with van der Waals surface area (Å²) in [6, 6.07) is 8.68. The van der Waals surface area contributed by atoms with Crippen molar-refractivity contribution in [3.8, 4) is 5.75 Å². The van der Waals surface area contributed by atoms with Crippen molar-refractivity contribution in [1.29, 1.82) is 0 Å². The van der Waals surface area contributed by atoms with Crippen molar-refractivity contribution >= 4 is 28.9 Å². The predicted molar refractivity (Wildman–Crippen MR) is 121 cm³/mol. The Morgan fingerprint density at radius 3 is 2.34 bits per heavy atom.